The fourth-order valence-electron chi connectivity index (χ4n) is 1.69. The molecule has 0 saturated carbocycles. The lowest BCUT2D eigenvalue weighted by Crippen LogP contribution is -1.91. The molecular weight excluding hydrogens is 182 g/mol. The summed E-state index contributed by atoms with van der Waals surface area (Å²) < 4.78 is 25.5. The van der Waals surface area contributed by atoms with Crippen LogP contribution < -0.4 is 0 Å². The van der Waals surface area contributed by atoms with E-state index in [1.807, 2.05) is 18.2 Å². The number of halogens is 2. The monoisotopic (exact) mass is 192 g/mol. The molecule has 0 heterocycles. The maximum Gasteiger partial charge on any atom is 0.264 e. The fourth-order valence-corrected chi connectivity index (χ4v) is 1.69. The molecule has 0 N–H and O–H groups in total. The molecule has 0 amide bonds. The first-order chi connectivity index (χ1) is 6.70. The van der Waals surface area contributed by atoms with E-state index in [1.165, 1.54) is 0 Å². The average molecular weight is 192 g/mol. The van der Waals surface area contributed by atoms with Gasteiger partial charge in [-0.05, 0) is 23.3 Å². The average Bonchev–Trinajstić information content (AvgIpc) is 2.17. The molecule has 2 rings (SSSR count). The molecule has 0 aliphatic carbocycles. The van der Waals surface area contributed by atoms with E-state index in [0.29, 0.717) is 10.9 Å². The van der Waals surface area contributed by atoms with Crippen LogP contribution in [-0.4, -0.2) is 0 Å². The zero-order valence-corrected chi connectivity index (χ0v) is 7.80. The first-order valence-electron chi connectivity index (χ1n) is 4.46. The van der Waals surface area contributed by atoms with E-state index in [2.05, 4.69) is 0 Å². The fraction of sp³-hybridized carbons (Fsp3) is 0.167. The molecule has 0 aromatic heterocycles. The van der Waals surface area contributed by atoms with Crippen molar-refractivity contribution in [3.8, 4) is 0 Å². The Hall–Kier alpha value is -1.44. The summed E-state index contributed by atoms with van der Waals surface area (Å²) in [7, 11) is 0. The van der Waals surface area contributed by atoms with Crippen LogP contribution >= 0.6 is 0 Å². The largest absolute Gasteiger partial charge is 0.264 e. The Labute approximate surface area is 81.2 Å². The smallest absolute Gasteiger partial charge is 0.205 e. The summed E-state index contributed by atoms with van der Waals surface area (Å²) in [6.45, 7) is 1.72. The van der Waals surface area contributed by atoms with Crippen LogP contribution in [0, 0.1) is 6.92 Å². The Morgan fingerprint density at radius 1 is 1.00 bits per heavy atom. The highest BCUT2D eigenvalue weighted by Gasteiger charge is 2.13. The summed E-state index contributed by atoms with van der Waals surface area (Å²) in [5.74, 6) is 0. The predicted molar refractivity (Wildman–Crippen MR) is 53.6 cm³/mol. The van der Waals surface area contributed by atoms with Crippen LogP contribution in [0.2, 0.25) is 0 Å². The first kappa shape index (κ1) is 9.13. The second-order valence-corrected chi connectivity index (χ2v) is 3.32. The predicted octanol–water partition coefficient (Wildman–Crippen LogP) is 4.09. The van der Waals surface area contributed by atoms with Crippen LogP contribution in [0.3, 0.4) is 0 Å². The van der Waals surface area contributed by atoms with Crippen molar-refractivity contribution in [1.82, 2.24) is 0 Å². The minimum Gasteiger partial charge on any atom is -0.205 e. The SMILES string of the molecule is Cc1ccc2ccccc2c1C(F)F. The summed E-state index contributed by atoms with van der Waals surface area (Å²) in [5.41, 5.74) is 0.807. The molecule has 0 radical (unpaired) electrons. The highest BCUT2D eigenvalue weighted by atomic mass is 19.3. The minimum atomic E-state index is -2.40. The van der Waals surface area contributed by atoms with E-state index in [1.54, 1.807) is 25.1 Å². The third kappa shape index (κ3) is 1.37. The van der Waals surface area contributed by atoms with E-state index < -0.39 is 6.43 Å². The van der Waals surface area contributed by atoms with Gasteiger partial charge in [-0.3, -0.25) is 0 Å². The van der Waals surface area contributed by atoms with Crippen molar-refractivity contribution in [3.63, 3.8) is 0 Å². The summed E-state index contributed by atoms with van der Waals surface area (Å²) in [6.07, 6.45) is -2.40. The van der Waals surface area contributed by atoms with Gasteiger partial charge in [0.1, 0.15) is 0 Å². The maximum absolute atomic E-state index is 12.8. The van der Waals surface area contributed by atoms with Crippen LogP contribution in [0.5, 0.6) is 0 Å². The molecule has 0 nitrogen and oxygen atoms in total. The van der Waals surface area contributed by atoms with Gasteiger partial charge in [0.2, 0.25) is 0 Å². The Bertz CT molecular complexity index is 461. The molecule has 14 heavy (non-hydrogen) atoms. The molecular formula is C12H10F2. The van der Waals surface area contributed by atoms with Crippen molar-refractivity contribution in [2.45, 2.75) is 13.3 Å². The third-order valence-corrected chi connectivity index (χ3v) is 2.41. The lowest BCUT2D eigenvalue weighted by molar-refractivity contribution is 0.152. The zero-order valence-electron chi connectivity index (χ0n) is 7.80. The van der Waals surface area contributed by atoms with Crippen molar-refractivity contribution in [1.29, 1.82) is 0 Å². The van der Waals surface area contributed by atoms with E-state index in [9.17, 15) is 8.78 Å². The molecule has 0 atom stereocenters. The van der Waals surface area contributed by atoms with Crippen LogP contribution in [0.15, 0.2) is 36.4 Å². The maximum atomic E-state index is 12.8. The highest BCUT2D eigenvalue weighted by molar-refractivity contribution is 5.86. The molecule has 0 aliphatic rings. The molecule has 0 bridgehead atoms. The second-order valence-electron chi connectivity index (χ2n) is 3.32. The molecule has 0 fully saturated rings. The lowest BCUT2D eigenvalue weighted by atomic mass is 10.0. The van der Waals surface area contributed by atoms with Crippen molar-refractivity contribution in [3.05, 3.63) is 47.5 Å². The summed E-state index contributed by atoms with van der Waals surface area (Å²) >= 11 is 0. The number of benzene rings is 2. The lowest BCUT2D eigenvalue weighted by Gasteiger charge is -2.08. The molecule has 0 aliphatic heterocycles. The topological polar surface area (TPSA) is 0 Å². The van der Waals surface area contributed by atoms with Crippen molar-refractivity contribution < 1.29 is 8.78 Å². The van der Waals surface area contributed by atoms with Crippen molar-refractivity contribution >= 4 is 10.8 Å². The van der Waals surface area contributed by atoms with Gasteiger partial charge in [-0.25, -0.2) is 8.78 Å². The van der Waals surface area contributed by atoms with Crippen LogP contribution in [-0.2, 0) is 0 Å². The Morgan fingerprint density at radius 3 is 2.43 bits per heavy atom. The van der Waals surface area contributed by atoms with Crippen molar-refractivity contribution in [2.75, 3.05) is 0 Å². The summed E-state index contributed by atoms with van der Waals surface area (Å²) in [6, 6.07) is 10.8. The molecule has 0 saturated heterocycles. The second kappa shape index (κ2) is 3.37. The molecule has 2 heteroatoms. The molecule has 2 aromatic carbocycles. The van der Waals surface area contributed by atoms with Gasteiger partial charge in [0.05, 0.1) is 0 Å². The van der Waals surface area contributed by atoms with E-state index in [4.69, 9.17) is 0 Å². The van der Waals surface area contributed by atoms with Gasteiger partial charge in [-0.1, -0.05) is 36.4 Å². The van der Waals surface area contributed by atoms with Crippen molar-refractivity contribution in [2.24, 2.45) is 0 Å². The van der Waals surface area contributed by atoms with Gasteiger partial charge in [-0.15, -0.1) is 0 Å². The van der Waals surface area contributed by atoms with Gasteiger partial charge in [-0.2, -0.15) is 0 Å². The molecule has 2 aromatic rings. The third-order valence-electron chi connectivity index (χ3n) is 2.41. The standard InChI is InChI=1S/C12H10F2/c1-8-6-7-9-4-2-3-5-10(9)11(8)12(13)14/h2-7,12H,1H3. The number of alkyl halides is 2. The number of rotatable bonds is 1. The molecule has 72 valence electrons. The summed E-state index contributed by atoms with van der Waals surface area (Å²) in [4.78, 5) is 0. The van der Waals surface area contributed by atoms with Gasteiger partial charge in [0.15, 0.2) is 0 Å². The zero-order chi connectivity index (χ0) is 10.1. The van der Waals surface area contributed by atoms with Gasteiger partial charge < -0.3 is 0 Å². The number of hydrogen-bond acceptors (Lipinski definition) is 0. The van der Waals surface area contributed by atoms with Crippen LogP contribution in [0.4, 0.5) is 8.78 Å². The number of hydrogen-bond donors (Lipinski definition) is 0. The Balaban J connectivity index is 2.83. The normalized spacial score (nSPS) is 11.1. The quantitative estimate of drug-likeness (QED) is 0.638. The molecule has 0 spiro atoms. The minimum absolute atomic E-state index is 0.156. The van der Waals surface area contributed by atoms with Gasteiger partial charge in [0.25, 0.3) is 6.43 Å². The molecule has 0 unspecified atom stereocenters. The van der Waals surface area contributed by atoms with E-state index >= 15 is 0 Å². The van der Waals surface area contributed by atoms with Crippen LogP contribution in [0.1, 0.15) is 17.6 Å². The number of fused-ring (bicyclic) bond motifs is 1. The Kier molecular flexibility index (Phi) is 2.20. The highest BCUT2D eigenvalue weighted by Crippen LogP contribution is 2.30. The number of aryl methyl sites for hydroxylation is 1. The van der Waals surface area contributed by atoms with E-state index in [0.717, 1.165) is 5.39 Å². The first-order valence-corrected chi connectivity index (χ1v) is 4.46. The van der Waals surface area contributed by atoms with Crippen LogP contribution in [0.25, 0.3) is 10.8 Å². The van der Waals surface area contributed by atoms with Gasteiger partial charge >= 0.3 is 0 Å². The van der Waals surface area contributed by atoms with E-state index in [-0.39, 0.29) is 5.56 Å². The summed E-state index contributed by atoms with van der Waals surface area (Å²) in [5, 5.41) is 1.52. The Morgan fingerprint density at radius 2 is 1.71 bits per heavy atom. The van der Waals surface area contributed by atoms with Gasteiger partial charge in [0, 0.05) is 5.56 Å².